The maximum atomic E-state index is 12.6. The number of ether oxygens (including phenoxy) is 1. The van der Waals surface area contributed by atoms with Gasteiger partial charge in [-0.2, -0.15) is 0 Å². The summed E-state index contributed by atoms with van der Waals surface area (Å²) in [6.45, 7) is 3.98. The van der Waals surface area contributed by atoms with Crippen LogP contribution in [0.2, 0.25) is 0 Å². The largest absolute Gasteiger partial charge is 0.497 e. The predicted molar refractivity (Wildman–Crippen MR) is 87.1 cm³/mol. The second-order valence-corrected chi connectivity index (χ2v) is 6.63. The molecule has 2 aromatic rings. The third-order valence-corrected chi connectivity index (χ3v) is 5.03. The SMILES string of the molecule is COc1cccc(C(N)CS(=O)c2cc(C)ccc2C)c1. The van der Waals surface area contributed by atoms with Gasteiger partial charge in [-0.05, 0) is 48.7 Å². The van der Waals surface area contributed by atoms with E-state index in [2.05, 4.69) is 0 Å². The van der Waals surface area contributed by atoms with E-state index >= 15 is 0 Å². The molecule has 0 aromatic heterocycles. The van der Waals surface area contributed by atoms with E-state index in [-0.39, 0.29) is 6.04 Å². The number of hydrogen-bond acceptors (Lipinski definition) is 3. The molecule has 2 aromatic carbocycles. The molecular formula is C17H21NO2S. The third-order valence-electron chi connectivity index (χ3n) is 3.44. The van der Waals surface area contributed by atoms with E-state index in [9.17, 15) is 4.21 Å². The van der Waals surface area contributed by atoms with Gasteiger partial charge >= 0.3 is 0 Å². The van der Waals surface area contributed by atoms with Gasteiger partial charge in [0.15, 0.2) is 0 Å². The van der Waals surface area contributed by atoms with E-state index in [0.29, 0.717) is 5.75 Å². The van der Waals surface area contributed by atoms with Gasteiger partial charge in [0.1, 0.15) is 5.75 Å². The van der Waals surface area contributed by atoms with E-state index in [1.54, 1.807) is 7.11 Å². The first-order chi connectivity index (χ1) is 10.0. The van der Waals surface area contributed by atoms with Gasteiger partial charge in [-0.25, -0.2) is 0 Å². The minimum atomic E-state index is -1.11. The van der Waals surface area contributed by atoms with Crippen LogP contribution in [0.15, 0.2) is 47.4 Å². The van der Waals surface area contributed by atoms with Crippen LogP contribution in [-0.4, -0.2) is 17.1 Å². The third kappa shape index (κ3) is 3.93. The zero-order valence-corrected chi connectivity index (χ0v) is 13.4. The standard InChI is InChI=1S/C17H21NO2S/c1-12-7-8-13(2)17(9-12)21(19)11-16(18)14-5-4-6-15(10-14)20-3/h4-10,16H,11,18H2,1-3H3. The van der Waals surface area contributed by atoms with Crippen molar-refractivity contribution in [3.63, 3.8) is 0 Å². The number of nitrogens with two attached hydrogens (primary N) is 1. The fourth-order valence-electron chi connectivity index (χ4n) is 2.17. The first kappa shape index (κ1) is 15.7. The summed E-state index contributed by atoms with van der Waals surface area (Å²) in [4.78, 5) is 0.869. The van der Waals surface area contributed by atoms with Crippen LogP contribution in [0.4, 0.5) is 0 Å². The molecule has 0 radical (unpaired) electrons. The van der Waals surface area contributed by atoms with Crippen molar-refractivity contribution < 1.29 is 8.95 Å². The molecule has 0 aliphatic rings. The summed E-state index contributed by atoms with van der Waals surface area (Å²) < 4.78 is 17.8. The predicted octanol–water partition coefficient (Wildman–Crippen LogP) is 3.12. The van der Waals surface area contributed by atoms with Gasteiger partial charge in [0, 0.05) is 16.7 Å². The van der Waals surface area contributed by atoms with Gasteiger partial charge in [0.05, 0.1) is 17.9 Å². The molecule has 2 N–H and O–H groups in total. The Kier molecular flexibility index (Phi) is 5.15. The fraction of sp³-hybridized carbons (Fsp3) is 0.294. The highest BCUT2D eigenvalue weighted by Crippen LogP contribution is 2.21. The van der Waals surface area contributed by atoms with Gasteiger partial charge < -0.3 is 10.5 Å². The summed E-state index contributed by atoms with van der Waals surface area (Å²) in [5.41, 5.74) is 9.28. The van der Waals surface area contributed by atoms with Crippen molar-refractivity contribution in [2.24, 2.45) is 5.73 Å². The second kappa shape index (κ2) is 6.87. The molecule has 2 unspecified atom stereocenters. The normalized spacial score (nSPS) is 13.7. The highest BCUT2D eigenvalue weighted by molar-refractivity contribution is 7.85. The molecule has 0 saturated heterocycles. The van der Waals surface area contributed by atoms with Crippen LogP contribution >= 0.6 is 0 Å². The average molecular weight is 303 g/mol. The number of benzene rings is 2. The molecule has 0 saturated carbocycles. The van der Waals surface area contributed by atoms with Gasteiger partial charge in [0.25, 0.3) is 0 Å². The van der Waals surface area contributed by atoms with E-state index in [0.717, 1.165) is 27.3 Å². The molecule has 0 spiro atoms. The quantitative estimate of drug-likeness (QED) is 0.923. The number of methoxy groups -OCH3 is 1. The van der Waals surface area contributed by atoms with Crippen LogP contribution in [0, 0.1) is 13.8 Å². The van der Waals surface area contributed by atoms with Crippen molar-refractivity contribution in [3.05, 3.63) is 59.2 Å². The molecule has 0 bridgehead atoms. The first-order valence-corrected chi connectivity index (χ1v) is 8.18. The summed E-state index contributed by atoms with van der Waals surface area (Å²) in [5, 5.41) is 0. The monoisotopic (exact) mass is 303 g/mol. The van der Waals surface area contributed by atoms with Crippen molar-refractivity contribution >= 4 is 10.8 Å². The Morgan fingerprint density at radius 3 is 2.67 bits per heavy atom. The maximum Gasteiger partial charge on any atom is 0.119 e. The minimum Gasteiger partial charge on any atom is -0.497 e. The van der Waals surface area contributed by atoms with Crippen LogP contribution in [-0.2, 0) is 10.8 Å². The Hall–Kier alpha value is -1.65. The maximum absolute atomic E-state index is 12.6. The molecule has 2 rings (SSSR count). The minimum absolute atomic E-state index is 0.277. The average Bonchev–Trinajstić information content (AvgIpc) is 2.49. The lowest BCUT2D eigenvalue weighted by Crippen LogP contribution is -2.18. The summed E-state index contributed by atoms with van der Waals surface area (Å²) in [6, 6.07) is 13.3. The van der Waals surface area contributed by atoms with Crippen LogP contribution in [0.1, 0.15) is 22.7 Å². The van der Waals surface area contributed by atoms with Gasteiger partial charge in [0.2, 0.25) is 0 Å². The van der Waals surface area contributed by atoms with Gasteiger partial charge in [-0.1, -0.05) is 24.3 Å². The zero-order valence-electron chi connectivity index (χ0n) is 12.6. The second-order valence-electron chi connectivity index (χ2n) is 5.16. The topological polar surface area (TPSA) is 52.3 Å². The number of rotatable bonds is 5. The van der Waals surface area contributed by atoms with Crippen molar-refractivity contribution in [1.82, 2.24) is 0 Å². The lowest BCUT2D eigenvalue weighted by molar-refractivity contribution is 0.414. The van der Waals surface area contributed by atoms with E-state index in [1.807, 2.05) is 56.3 Å². The molecule has 112 valence electrons. The van der Waals surface area contributed by atoms with Crippen LogP contribution in [0.25, 0.3) is 0 Å². The molecule has 0 amide bonds. The zero-order chi connectivity index (χ0) is 15.4. The Morgan fingerprint density at radius 1 is 1.19 bits per heavy atom. The molecule has 3 nitrogen and oxygen atoms in total. The molecule has 0 aliphatic carbocycles. The summed E-state index contributed by atoms with van der Waals surface area (Å²) in [5.74, 6) is 1.16. The highest BCUT2D eigenvalue weighted by atomic mass is 32.2. The Balaban J connectivity index is 2.16. The highest BCUT2D eigenvalue weighted by Gasteiger charge is 2.14. The summed E-state index contributed by atoms with van der Waals surface area (Å²) in [7, 11) is 0.514. The van der Waals surface area contributed by atoms with Gasteiger partial charge in [-0.3, -0.25) is 4.21 Å². The Labute approximate surface area is 128 Å². The lowest BCUT2D eigenvalue weighted by atomic mass is 10.1. The fourth-order valence-corrected chi connectivity index (χ4v) is 3.62. The Morgan fingerprint density at radius 2 is 1.95 bits per heavy atom. The van der Waals surface area contributed by atoms with Crippen molar-refractivity contribution in [3.8, 4) is 5.75 Å². The van der Waals surface area contributed by atoms with Gasteiger partial charge in [-0.15, -0.1) is 0 Å². The van der Waals surface area contributed by atoms with E-state index < -0.39 is 10.8 Å². The molecule has 4 heteroatoms. The molecule has 0 fully saturated rings. The smallest absolute Gasteiger partial charge is 0.119 e. The van der Waals surface area contributed by atoms with Crippen LogP contribution < -0.4 is 10.5 Å². The molecular weight excluding hydrogens is 282 g/mol. The summed E-state index contributed by atoms with van der Waals surface area (Å²) >= 11 is 0. The molecule has 21 heavy (non-hydrogen) atoms. The van der Waals surface area contributed by atoms with E-state index in [1.165, 1.54) is 0 Å². The van der Waals surface area contributed by atoms with Crippen molar-refractivity contribution in [2.45, 2.75) is 24.8 Å². The van der Waals surface area contributed by atoms with Crippen molar-refractivity contribution in [1.29, 1.82) is 0 Å². The number of hydrogen-bond donors (Lipinski definition) is 1. The molecule has 2 atom stereocenters. The number of aryl methyl sites for hydroxylation is 2. The van der Waals surface area contributed by atoms with Crippen molar-refractivity contribution in [2.75, 3.05) is 12.9 Å². The molecule has 0 heterocycles. The van der Waals surface area contributed by atoms with Crippen LogP contribution in [0.3, 0.4) is 0 Å². The van der Waals surface area contributed by atoms with E-state index in [4.69, 9.17) is 10.5 Å². The summed E-state index contributed by atoms with van der Waals surface area (Å²) in [6.07, 6.45) is 0. The Bertz CT molecular complexity index is 655. The molecule has 0 aliphatic heterocycles. The first-order valence-electron chi connectivity index (χ1n) is 6.86. The lowest BCUT2D eigenvalue weighted by Gasteiger charge is -2.14. The van der Waals surface area contributed by atoms with Crippen LogP contribution in [0.5, 0.6) is 5.75 Å².